The van der Waals surface area contributed by atoms with Gasteiger partial charge in [0.2, 0.25) is 0 Å². The minimum absolute atomic E-state index is 0.296. The SMILES string of the molecule is Cc1cc(-c2[nH]c3cc(C(O)N4C[C@H](C)NC[C@H]4C)sc3c2C(C)C)cn2ncnc12. The summed E-state index contributed by atoms with van der Waals surface area (Å²) in [5, 5.41) is 19.0. The van der Waals surface area contributed by atoms with Crippen LogP contribution in [0.1, 0.15) is 55.8 Å². The normalized spacial score (nSPS) is 21.5. The lowest BCUT2D eigenvalue weighted by atomic mass is 9.99. The lowest BCUT2D eigenvalue weighted by molar-refractivity contribution is -0.0388. The highest BCUT2D eigenvalue weighted by Gasteiger charge is 2.30. The van der Waals surface area contributed by atoms with Crippen molar-refractivity contribution in [2.24, 2.45) is 0 Å². The van der Waals surface area contributed by atoms with Crippen molar-refractivity contribution in [2.75, 3.05) is 13.1 Å². The van der Waals surface area contributed by atoms with Crippen molar-refractivity contribution in [3.8, 4) is 11.3 Å². The highest BCUT2D eigenvalue weighted by atomic mass is 32.1. The summed E-state index contributed by atoms with van der Waals surface area (Å²) in [7, 11) is 0. The Morgan fingerprint density at radius 1 is 1.26 bits per heavy atom. The molecule has 0 radical (unpaired) electrons. The minimum atomic E-state index is -0.581. The first-order valence-electron chi connectivity index (χ1n) is 11.0. The monoisotopic (exact) mass is 438 g/mol. The number of thiophene rings is 1. The van der Waals surface area contributed by atoms with Crippen molar-refractivity contribution >= 4 is 27.2 Å². The van der Waals surface area contributed by atoms with E-state index in [9.17, 15) is 5.11 Å². The molecular weight excluding hydrogens is 408 g/mol. The second-order valence-corrected chi connectivity index (χ2v) is 10.2. The molecule has 4 aromatic rings. The lowest BCUT2D eigenvalue weighted by Crippen LogP contribution is -2.55. The molecule has 3 N–H and O–H groups in total. The maximum Gasteiger partial charge on any atom is 0.158 e. The molecule has 1 aliphatic rings. The Bertz CT molecular complexity index is 1240. The van der Waals surface area contributed by atoms with Gasteiger partial charge in [-0.1, -0.05) is 13.8 Å². The first kappa shape index (κ1) is 20.6. The zero-order valence-corrected chi connectivity index (χ0v) is 19.5. The fourth-order valence-electron chi connectivity index (χ4n) is 4.71. The number of hydrogen-bond acceptors (Lipinski definition) is 6. The van der Waals surface area contributed by atoms with Crippen LogP contribution in [-0.2, 0) is 0 Å². The molecule has 164 valence electrons. The zero-order chi connectivity index (χ0) is 21.9. The summed E-state index contributed by atoms with van der Waals surface area (Å²) in [6.45, 7) is 12.6. The molecule has 0 aromatic carbocycles. The van der Waals surface area contributed by atoms with Crippen molar-refractivity contribution in [3.05, 3.63) is 40.7 Å². The standard InChI is InChI=1S/C23H30N6OS/c1-12(2)19-20(16-6-13(3)22-25-11-26-29(22)10-16)27-17-7-18(31-21(17)19)23(30)28-9-14(4)24-8-15(28)5/h6-7,10-12,14-15,23-24,27,30H,8-9H2,1-5H3/t14-,15+,23?/m0/s1. The van der Waals surface area contributed by atoms with E-state index in [1.54, 1.807) is 17.7 Å². The molecule has 0 amide bonds. The molecule has 1 aliphatic heterocycles. The number of nitrogens with one attached hydrogen (secondary N) is 2. The van der Waals surface area contributed by atoms with Gasteiger partial charge in [0.15, 0.2) is 5.65 Å². The van der Waals surface area contributed by atoms with Crippen LogP contribution < -0.4 is 5.32 Å². The largest absolute Gasteiger partial charge is 0.373 e. The fourth-order valence-corrected chi connectivity index (χ4v) is 6.03. The molecule has 4 aromatic heterocycles. The van der Waals surface area contributed by atoms with Gasteiger partial charge >= 0.3 is 0 Å². The predicted octanol–water partition coefficient (Wildman–Crippen LogP) is 4.04. The summed E-state index contributed by atoms with van der Waals surface area (Å²) in [6, 6.07) is 4.97. The highest BCUT2D eigenvalue weighted by Crippen LogP contribution is 2.42. The molecule has 0 aliphatic carbocycles. The number of nitrogens with zero attached hydrogens (tertiary/aromatic N) is 4. The second kappa shape index (κ2) is 7.70. The molecule has 1 saturated heterocycles. The Morgan fingerprint density at radius 2 is 2.06 bits per heavy atom. The van der Waals surface area contributed by atoms with E-state index in [1.165, 1.54) is 10.3 Å². The maximum atomic E-state index is 11.2. The summed E-state index contributed by atoms with van der Waals surface area (Å²) in [6.07, 6.45) is 3.05. The van der Waals surface area contributed by atoms with Gasteiger partial charge in [0.25, 0.3) is 0 Å². The molecule has 0 bridgehead atoms. The quantitative estimate of drug-likeness (QED) is 0.448. The van der Waals surface area contributed by atoms with Crippen LogP contribution in [0.15, 0.2) is 24.7 Å². The van der Waals surface area contributed by atoms with Crippen LogP contribution in [0.3, 0.4) is 0 Å². The first-order chi connectivity index (χ1) is 14.8. The third-order valence-electron chi connectivity index (χ3n) is 6.33. The predicted molar refractivity (Wildman–Crippen MR) is 126 cm³/mol. The number of aliphatic hydroxyl groups excluding tert-OH is 1. The topological polar surface area (TPSA) is 81.5 Å². The van der Waals surface area contributed by atoms with Crippen LogP contribution >= 0.6 is 11.3 Å². The van der Waals surface area contributed by atoms with Gasteiger partial charge < -0.3 is 15.4 Å². The van der Waals surface area contributed by atoms with Crippen molar-refractivity contribution < 1.29 is 5.11 Å². The number of fused-ring (bicyclic) bond motifs is 2. The maximum absolute atomic E-state index is 11.2. The first-order valence-corrected chi connectivity index (χ1v) is 11.8. The number of aromatic nitrogens is 4. The Hall–Kier alpha value is -2.26. The number of piperazine rings is 1. The van der Waals surface area contributed by atoms with E-state index in [0.717, 1.165) is 46.0 Å². The van der Waals surface area contributed by atoms with E-state index >= 15 is 0 Å². The minimum Gasteiger partial charge on any atom is -0.373 e. The molecule has 0 spiro atoms. The molecule has 7 nitrogen and oxygen atoms in total. The van der Waals surface area contributed by atoms with Crippen molar-refractivity contribution in [3.63, 3.8) is 0 Å². The van der Waals surface area contributed by atoms with Gasteiger partial charge in [-0.25, -0.2) is 9.50 Å². The fraction of sp³-hybridized carbons (Fsp3) is 0.478. The zero-order valence-electron chi connectivity index (χ0n) is 18.7. The van der Waals surface area contributed by atoms with Crippen LogP contribution in [0.2, 0.25) is 0 Å². The van der Waals surface area contributed by atoms with Gasteiger partial charge in [0, 0.05) is 36.9 Å². The van der Waals surface area contributed by atoms with E-state index in [4.69, 9.17) is 0 Å². The molecular formula is C23H30N6OS. The van der Waals surface area contributed by atoms with Crippen molar-refractivity contribution in [1.29, 1.82) is 0 Å². The van der Waals surface area contributed by atoms with Gasteiger partial charge in [-0.3, -0.25) is 4.90 Å². The van der Waals surface area contributed by atoms with E-state index in [1.807, 2.05) is 10.7 Å². The average molecular weight is 439 g/mol. The summed E-state index contributed by atoms with van der Waals surface area (Å²) < 4.78 is 3.07. The van der Waals surface area contributed by atoms with Crippen molar-refractivity contribution in [1.82, 2.24) is 29.8 Å². The number of H-pyrrole nitrogens is 1. The number of aliphatic hydroxyl groups is 1. The molecule has 0 saturated carbocycles. The van der Waals surface area contributed by atoms with Gasteiger partial charge in [-0.15, -0.1) is 11.3 Å². The van der Waals surface area contributed by atoms with Crippen LogP contribution in [-0.4, -0.2) is 54.8 Å². The second-order valence-electron chi connectivity index (χ2n) is 9.13. The Labute approximate surface area is 186 Å². The van der Waals surface area contributed by atoms with Gasteiger partial charge in [0.1, 0.15) is 12.6 Å². The van der Waals surface area contributed by atoms with Crippen LogP contribution in [0.5, 0.6) is 0 Å². The van der Waals surface area contributed by atoms with Gasteiger partial charge in [-0.2, -0.15) is 5.10 Å². The van der Waals surface area contributed by atoms with Gasteiger partial charge in [0.05, 0.1) is 20.8 Å². The smallest absolute Gasteiger partial charge is 0.158 e. The van der Waals surface area contributed by atoms with E-state index in [-0.39, 0.29) is 0 Å². The summed E-state index contributed by atoms with van der Waals surface area (Å²) >= 11 is 1.70. The Kier molecular flexibility index (Phi) is 5.13. The van der Waals surface area contributed by atoms with Gasteiger partial charge in [-0.05, 0) is 49.9 Å². The summed E-state index contributed by atoms with van der Waals surface area (Å²) in [5.74, 6) is 0.345. The molecule has 31 heavy (non-hydrogen) atoms. The summed E-state index contributed by atoms with van der Waals surface area (Å²) in [5.41, 5.74) is 6.59. The average Bonchev–Trinajstić information content (AvgIpc) is 3.42. The van der Waals surface area contributed by atoms with E-state index in [2.05, 4.69) is 72.0 Å². The molecule has 5 heterocycles. The molecule has 8 heteroatoms. The number of aryl methyl sites for hydroxylation is 1. The van der Waals surface area contributed by atoms with E-state index < -0.39 is 6.23 Å². The Balaban J connectivity index is 1.57. The lowest BCUT2D eigenvalue weighted by Gasteiger charge is -2.40. The Morgan fingerprint density at radius 3 is 2.84 bits per heavy atom. The third-order valence-corrected chi connectivity index (χ3v) is 7.54. The number of pyridine rings is 1. The van der Waals surface area contributed by atoms with Crippen LogP contribution in [0.4, 0.5) is 0 Å². The van der Waals surface area contributed by atoms with Crippen LogP contribution in [0.25, 0.3) is 27.1 Å². The van der Waals surface area contributed by atoms with E-state index in [0.29, 0.717) is 18.0 Å². The third kappa shape index (κ3) is 3.47. The number of rotatable bonds is 4. The number of hydrogen-bond donors (Lipinski definition) is 3. The van der Waals surface area contributed by atoms with Crippen LogP contribution in [0, 0.1) is 6.92 Å². The summed E-state index contributed by atoms with van der Waals surface area (Å²) in [4.78, 5) is 11.2. The molecule has 3 atom stereocenters. The molecule has 5 rings (SSSR count). The highest BCUT2D eigenvalue weighted by molar-refractivity contribution is 7.19. The molecule has 1 unspecified atom stereocenters. The molecule has 1 fully saturated rings. The van der Waals surface area contributed by atoms with Crippen molar-refractivity contribution in [2.45, 2.75) is 58.8 Å². The number of aromatic amines is 1.